The van der Waals surface area contributed by atoms with Crippen molar-refractivity contribution in [2.24, 2.45) is 0 Å². The van der Waals surface area contributed by atoms with Crippen molar-refractivity contribution in [1.29, 1.82) is 5.26 Å². The Morgan fingerprint density at radius 3 is 2.92 bits per heavy atom. The zero-order chi connectivity index (χ0) is 8.97. The standard InChI is InChI=1S/C9H5ClN2/c1-7-5-8(10)6-12-9(7)3-2-4-11/h5-6H,1H3. The van der Waals surface area contributed by atoms with Gasteiger partial charge in [-0.2, -0.15) is 5.26 Å². The van der Waals surface area contributed by atoms with E-state index in [1.807, 2.05) is 6.92 Å². The summed E-state index contributed by atoms with van der Waals surface area (Å²) in [5, 5.41) is 8.77. The number of pyridine rings is 1. The molecule has 0 fully saturated rings. The van der Waals surface area contributed by atoms with Crippen molar-refractivity contribution < 1.29 is 0 Å². The van der Waals surface area contributed by atoms with E-state index in [0.717, 1.165) is 5.56 Å². The van der Waals surface area contributed by atoms with Gasteiger partial charge in [0, 0.05) is 12.1 Å². The Morgan fingerprint density at radius 2 is 2.33 bits per heavy atom. The Labute approximate surface area is 75.8 Å². The molecule has 0 unspecified atom stereocenters. The average molecular weight is 177 g/mol. The van der Waals surface area contributed by atoms with Gasteiger partial charge in [0.05, 0.1) is 5.02 Å². The molecule has 0 saturated heterocycles. The highest BCUT2D eigenvalue weighted by Gasteiger charge is 1.95. The van der Waals surface area contributed by atoms with Crippen LogP contribution in [0.25, 0.3) is 0 Å². The van der Waals surface area contributed by atoms with E-state index in [-0.39, 0.29) is 0 Å². The van der Waals surface area contributed by atoms with Crippen LogP contribution in [0.3, 0.4) is 0 Å². The topological polar surface area (TPSA) is 36.7 Å². The number of aryl methyl sites for hydroxylation is 1. The first-order chi connectivity index (χ1) is 5.74. The second-order valence-electron chi connectivity index (χ2n) is 2.18. The van der Waals surface area contributed by atoms with Crippen LogP contribution in [-0.2, 0) is 0 Å². The molecule has 1 aromatic heterocycles. The lowest BCUT2D eigenvalue weighted by molar-refractivity contribution is 1.23. The van der Waals surface area contributed by atoms with E-state index in [1.165, 1.54) is 6.20 Å². The monoisotopic (exact) mass is 176 g/mol. The Morgan fingerprint density at radius 1 is 1.58 bits per heavy atom. The molecule has 0 aliphatic heterocycles. The molecule has 1 aromatic rings. The van der Waals surface area contributed by atoms with Gasteiger partial charge in [0.15, 0.2) is 6.07 Å². The maximum Gasteiger partial charge on any atom is 0.152 e. The largest absolute Gasteiger partial charge is 0.246 e. The summed E-state index contributed by atoms with van der Waals surface area (Å²) in [6, 6.07) is 3.48. The lowest BCUT2D eigenvalue weighted by atomic mass is 10.2. The summed E-state index contributed by atoms with van der Waals surface area (Å²) in [7, 11) is 0. The molecule has 1 heterocycles. The molecule has 0 aliphatic rings. The van der Waals surface area contributed by atoms with Crippen LogP contribution in [0.5, 0.6) is 0 Å². The molecule has 0 N–H and O–H groups in total. The van der Waals surface area contributed by atoms with Gasteiger partial charge in [0.1, 0.15) is 5.69 Å². The summed E-state index contributed by atoms with van der Waals surface area (Å²) in [6.07, 6.45) is 1.51. The van der Waals surface area contributed by atoms with Gasteiger partial charge >= 0.3 is 0 Å². The van der Waals surface area contributed by atoms with Crippen molar-refractivity contribution in [3.63, 3.8) is 0 Å². The summed E-state index contributed by atoms with van der Waals surface area (Å²) in [4.78, 5) is 3.96. The fraction of sp³-hybridized carbons (Fsp3) is 0.111. The predicted molar refractivity (Wildman–Crippen MR) is 46.5 cm³/mol. The van der Waals surface area contributed by atoms with Crippen LogP contribution in [0, 0.1) is 30.1 Å². The van der Waals surface area contributed by atoms with Gasteiger partial charge < -0.3 is 0 Å². The van der Waals surface area contributed by atoms with E-state index in [1.54, 1.807) is 12.1 Å². The molecule has 0 aromatic carbocycles. The molecule has 0 bridgehead atoms. The third-order valence-corrected chi connectivity index (χ3v) is 1.49. The molecule has 0 spiro atoms. The molecule has 1 rings (SSSR count). The maximum absolute atomic E-state index is 8.20. The summed E-state index contributed by atoms with van der Waals surface area (Å²) in [6.45, 7) is 1.85. The Hall–Kier alpha value is -1.51. The van der Waals surface area contributed by atoms with E-state index < -0.39 is 0 Å². The van der Waals surface area contributed by atoms with Gasteiger partial charge in [-0.05, 0) is 24.5 Å². The molecular weight excluding hydrogens is 172 g/mol. The Bertz CT molecular complexity index is 393. The quantitative estimate of drug-likeness (QED) is 0.567. The molecule has 0 atom stereocenters. The van der Waals surface area contributed by atoms with Crippen LogP contribution in [0.4, 0.5) is 0 Å². The van der Waals surface area contributed by atoms with Crippen LogP contribution in [0.1, 0.15) is 11.3 Å². The Kier molecular flexibility index (Phi) is 2.69. The number of halogens is 1. The van der Waals surface area contributed by atoms with Gasteiger partial charge in [0.2, 0.25) is 0 Å². The van der Waals surface area contributed by atoms with E-state index in [9.17, 15) is 0 Å². The third kappa shape index (κ3) is 1.99. The molecule has 0 amide bonds. The first-order valence-corrected chi connectivity index (χ1v) is 3.64. The molecule has 2 nitrogen and oxygen atoms in total. The zero-order valence-electron chi connectivity index (χ0n) is 6.43. The fourth-order valence-electron chi connectivity index (χ4n) is 0.759. The minimum Gasteiger partial charge on any atom is -0.246 e. The van der Waals surface area contributed by atoms with Crippen molar-refractivity contribution in [3.05, 3.63) is 28.5 Å². The van der Waals surface area contributed by atoms with Crippen LogP contribution >= 0.6 is 11.6 Å². The molecule has 3 heteroatoms. The van der Waals surface area contributed by atoms with Crippen molar-refractivity contribution >= 4 is 11.6 Å². The van der Waals surface area contributed by atoms with Gasteiger partial charge in [-0.3, -0.25) is 0 Å². The van der Waals surface area contributed by atoms with Crippen molar-refractivity contribution in [2.45, 2.75) is 6.92 Å². The van der Waals surface area contributed by atoms with Gasteiger partial charge in [-0.25, -0.2) is 4.98 Å². The van der Waals surface area contributed by atoms with E-state index in [4.69, 9.17) is 16.9 Å². The molecule has 58 valence electrons. The molecule has 0 radical (unpaired) electrons. The normalized spacial score (nSPS) is 8.08. The second kappa shape index (κ2) is 3.76. The first kappa shape index (κ1) is 8.59. The van der Waals surface area contributed by atoms with Gasteiger partial charge in [-0.15, -0.1) is 0 Å². The highest BCUT2D eigenvalue weighted by molar-refractivity contribution is 6.30. The summed E-state index contributed by atoms with van der Waals surface area (Å²) in [5.74, 6) is 4.88. The number of hydrogen-bond acceptors (Lipinski definition) is 2. The molecular formula is C9H5ClN2. The van der Waals surface area contributed by atoms with Crippen molar-refractivity contribution in [3.8, 4) is 17.9 Å². The highest BCUT2D eigenvalue weighted by atomic mass is 35.5. The smallest absolute Gasteiger partial charge is 0.152 e. The first-order valence-electron chi connectivity index (χ1n) is 3.26. The summed E-state index contributed by atoms with van der Waals surface area (Å²) in [5.41, 5.74) is 1.48. The SMILES string of the molecule is Cc1cc(Cl)cnc1C#CC#N. The lowest BCUT2D eigenvalue weighted by Crippen LogP contribution is -1.86. The number of hydrogen-bond donors (Lipinski definition) is 0. The van der Waals surface area contributed by atoms with E-state index >= 15 is 0 Å². The fourth-order valence-corrected chi connectivity index (χ4v) is 0.971. The van der Waals surface area contributed by atoms with Gasteiger partial charge in [-0.1, -0.05) is 11.6 Å². The highest BCUT2D eigenvalue weighted by Crippen LogP contribution is 2.10. The lowest BCUT2D eigenvalue weighted by Gasteiger charge is -1.95. The maximum atomic E-state index is 8.20. The van der Waals surface area contributed by atoms with Crippen LogP contribution in [0.2, 0.25) is 5.02 Å². The average Bonchev–Trinajstić information content (AvgIpc) is 2.03. The third-order valence-electron chi connectivity index (χ3n) is 1.28. The van der Waals surface area contributed by atoms with Crippen LogP contribution in [-0.4, -0.2) is 4.98 Å². The predicted octanol–water partition coefficient (Wildman–Crippen LogP) is 1.92. The van der Waals surface area contributed by atoms with E-state index in [0.29, 0.717) is 10.7 Å². The van der Waals surface area contributed by atoms with Crippen LogP contribution in [0.15, 0.2) is 12.3 Å². The number of aromatic nitrogens is 1. The molecule has 12 heavy (non-hydrogen) atoms. The van der Waals surface area contributed by atoms with Crippen molar-refractivity contribution in [2.75, 3.05) is 0 Å². The minimum absolute atomic E-state index is 0.579. The number of nitrogens with zero attached hydrogens (tertiary/aromatic N) is 2. The number of rotatable bonds is 0. The summed E-state index contributed by atoms with van der Waals surface area (Å²) >= 11 is 5.68. The van der Waals surface area contributed by atoms with Gasteiger partial charge in [0.25, 0.3) is 0 Å². The zero-order valence-corrected chi connectivity index (χ0v) is 7.18. The second-order valence-corrected chi connectivity index (χ2v) is 2.62. The molecule has 0 saturated carbocycles. The number of nitriles is 1. The molecule has 0 aliphatic carbocycles. The van der Waals surface area contributed by atoms with E-state index in [2.05, 4.69) is 16.8 Å². The minimum atomic E-state index is 0.579. The van der Waals surface area contributed by atoms with Crippen molar-refractivity contribution in [1.82, 2.24) is 4.98 Å². The van der Waals surface area contributed by atoms with Crippen LogP contribution < -0.4 is 0 Å². The Balaban J connectivity index is 3.12. The summed E-state index contributed by atoms with van der Waals surface area (Å²) < 4.78 is 0.